The van der Waals surface area contributed by atoms with Gasteiger partial charge in [-0.1, -0.05) is 23.5 Å². The third-order valence-electron chi connectivity index (χ3n) is 2.40. The van der Waals surface area contributed by atoms with Gasteiger partial charge in [-0.3, -0.25) is 4.40 Å². The first-order valence-electron chi connectivity index (χ1n) is 5.21. The Balaban J connectivity index is 2.29. The van der Waals surface area contributed by atoms with E-state index in [9.17, 15) is 4.79 Å². The fourth-order valence-corrected chi connectivity index (χ4v) is 2.67. The van der Waals surface area contributed by atoms with Crippen molar-refractivity contribution in [3.8, 4) is 0 Å². The Morgan fingerprint density at radius 1 is 1.41 bits per heavy atom. The maximum Gasteiger partial charge on any atom is 0.376 e. The average Bonchev–Trinajstić information content (AvgIpc) is 2.87. The van der Waals surface area contributed by atoms with E-state index in [1.54, 1.807) is 11.3 Å². The van der Waals surface area contributed by atoms with Gasteiger partial charge in [0.25, 0.3) is 0 Å². The van der Waals surface area contributed by atoms with E-state index in [1.165, 1.54) is 11.3 Å². The van der Waals surface area contributed by atoms with Gasteiger partial charge in [0.15, 0.2) is 0 Å². The van der Waals surface area contributed by atoms with Crippen molar-refractivity contribution in [3.05, 3.63) is 30.1 Å². The summed E-state index contributed by atoms with van der Waals surface area (Å²) in [6, 6.07) is 7.80. The van der Waals surface area contributed by atoms with Gasteiger partial charge in [0, 0.05) is 0 Å². The molecule has 0 spiro atoms. The number of thiazole rings is 1. The van der Waals surface area contributed by atoms with Crippen LogP contribution in [0.3, 0.4) is 0 Å². The summed E-state index contributed by atoms with van der Waals surface area (Å²) in [7, 11) is 0. The zero-order chi connectivity index (χ0) is 11.8. The number of nitrogens with zero attached hydrogens (tertiary/aromatic N) is 3. The molecular weight excluding hydrogens is 238 g/mol. The molecular formula is C11H9N3O2S. The van der Waals surface area contributed by atoms with Gasteiger partial charge in [-0.2, -0.15) is 0 Å². The number of rotatable bonds is 2. The first kappa shape index (κ1) is 10.2. The highest BCUT2D eigenvalue weighted by Crippen LogP contribution is 2.25. The van der Waals surface area contributed by atoms with Crippen LogP contribution in [0.2, 0.25) is 0 Å². The van der Waals surface area contributed by atoms with E-state index in [2.05, 4.69) is 10.2 Å². The average molecular weight is 247 g/mol. The molecule has 86 valence electrons. The van der Waals surface area contributed by atoms with Crippen molar-refractivity contribution in [2.45, 2.75) is 6.92 Å². The van der Waals surface area contributed by atoms with Gasteiger partial charge in [-0.15, -0.1) is 10.2 Å². The lowest BCUT2D eigenvalue weighted by molar-refractivity contribution is 0.0511. The van der Waals surface area contributed by atoms with Crippen LogP contribution in [-0.4, -0.2) is 27.2 Å². The highest BCUT2D eigenvalue weighted by Gasteiger charge is 2.18. The van der Waals surface area contributed by atoms with Crippen LogP contribution >= 0.6 is 11.3 Å². The van der Waals surface area contributed by atoms with E-state index < -0.39 is 5.97 Å². The number of para-hydroxylation sites is 1. The second-order valence-corrected chi connectivity index (χ2v) is 4.44. The summed E-state index contributed by atoms with van der Waals surface area (Å²) in [6.07, 6.45) is 0. The molecule has 6 heteroatoms. The first-order chi connectivity index (χ1) is 8.31. The summed E-state index contributed by atoms with van der Waals surface area (Å²) in [5, 5.41) is 7.86. The Bertz CT molecular complexity index is 701. The van der Waals surface area contributed by atoms with Crippen molar-refractivity contribution >= 4 is 32.5 Å². The number of ether oxygens (including phenoxy) is 1. The monoisotopic (exact) mass is 247 g/mol. The van der Waals surface area contributed by atoms with Crippen molar-refractivity contribution in [2.75, 3.05) is 6.61 Å². The SMILES string of the molecule is CCOC(=O)c1nnc2sc3ccccc3n12. The maximum absolute atomic E-state index is 11.7. The van der Waals surface area contributed by atoms with Crippen LogP contribution in [0.15, 0.2) is 24.3 Å². The van der Waals surface area contributed by atoms with Crippen molar-refractivity contribution < 1.29 is 9.53 Å². The van der Waals surface area contributed by atoms with Gasteiger partial charge in [-0.25, -0.2) is 4.79 Å². The van der Waals surface area contributed by atoms with Gasteiger partial charge in [0.2, 0.25) is 10.8 Å². The van der Waals surface area contributed by atoms with Crippen LogP contribution in [-0.2, 0) is 4.74 Å². The summed E-state index contributed by atoms with van der Waals surface area (Å²) in [5.74, 6) is -0.206. The predicted molar refractivity (Wildman–Crippen MR) is 64.3 cm³/mol. The molecule has 0 aliphatic heterocycles. The summed E-state index contributed by atoms with van der Waals surface area (Å²) < 4.78 is 7.76. The summed E-state index contributed by atoms with van der Waals surface area (Å²) in [4.78, 5) is 12.4. The standard InChI is InChI=1S/C11H9N3O2S/c1-2-16-10(15)9-12-13-11-14(9)7-5-3-4-6-8(7)17-11/h3-6H,2H2,1H3. The van der Waals surface area contributed by atoms with E-state index in [0.29, 0.717) is 11.6 Å². The quantitative estimate of drug-likeness (QED) is 0.651. The van der Waals surface area contributed by atoms with Gasteiger partial charge < -0.3 is 4.74 Å². The van der Waals surface area contributed by atoms with Crippen molar-refractivity contribution in [1.29, 1.82) is 0 Å². The Morgan fingerprint density at radius 3 is 3.06 bits per heavy atom. The second-order valence-electron chi connectivity index (χ2n) is 3.43. The molecule has 0 N–H and O–H groups in total. The summed E-state index contributed by atoms with van der Waals surface area (Å²) in [6.45, 7) is 2.09. The fraction of sp³-hybridized carbons (Fsp3) is 0.182. The Kier molecular flexibility index (Phi) is 2.29. The van der Waals surface area contributed by atoms with Crippen molar-refractivity contribution in [3.63, 3.8) is 0 Å². The van der Waals surface area contributed by atoms with Crippen molar-refractivity contribution in [2.24, 2.45) is 0 Å². The molecule has 1 aromatic carbocycles. The van der Waals surface area contributed by atoms with E-state index >= 15 is 0 Å². The first-order valence-corrected chi connectivity index (χ1v) is 6.02. The minimum Gasteiger partial charge on any atom is -0.460 e. The largest absolute Gasteiger partial charge is 0.460 e. The smallest absolute Gasteiger partial charge is 0.376 e. The molecule has 0 atom stereocenters. The molecule has 0 bridgehead atoms. The molecule has 2 aromatic heterocycles. The van der Waals surface area contributed by atoms with Crippen LogP contribution in [0.4, 0.5) is 0 Å². The molecule has 3 rings (SSSR count). The molecule has 0 unspecified atom stereocenters. The molecule has 0 saturated heterocycles. The highest BCUT2D eigenvalue weighted by molar-refractivity contribution is 7.23. The summed E-state index contributed by atoms with van der Waals surface area (Å²) in [5.41, 5.74) is 0.931. The number of esters is 1. The minimum absolute atomic E-state index is 0.235. The van der Waals surface area contributed by atoms with E-state index in [-0.39, 0.29) is 5.82 Å². The number of fused-ring (bicyclic) bond motifs is 3. The van der Waals surface area contributed by atoms with E-state index in [1.807, 2.05) is 24.3 Å². The zero-order valence-corrected chi connectivity index (χ0v) is 9.90. The number of carbonyl (C=O) groups is 1. The lowest BCUT2D eigenvalue weighted by atomic mass is 10.3. The predicted octanol–water partition coefficient (Wildman–Crippen LogP) is 2.12. The molecule has 3 aromatic rings. The van der Waals surface area contributed by atoms with Gasteiger partial charge in [-0.05, 0) is 19.1 Å². The third kappa shape index (κ3) is 1.49. The minimum atomic E-state index is -0.441. The zero-order valence-electron chi connectivity index (χ0n) is 9.08. The maximum atomic E-state index is 11.7. The Hall–Kier alpha value is -1.95. The second kappa shape index (κ2) is 3.81. The molecule has 2 heterocycles. The van der Waals surface area contributed by atoms with Gasteiger partial charge >= 0.3 is 5.97 Å². The molecule has 0 amide bonds. The fourth-order valence-electron chi connectivity index (χ4n) is 1.71. The molecule has 17 heavy (non-hydrogen) atoms. The van der Waals surface area contributed by atoms with Crippen LogP contribution in [0.5, 0.6) is 0 Å². The van der Waals surface area contributed by atoms with Gasteiger partial charge in [0.1, 0.15) is 0 Å². The highest BCUT2D eigenvalue weighted by atomic mass is 32.1. The van der Waals surface area contributed by atoms with E-state index in [0.717, 1.165) is 10.2 Å². The lowest BCUT2D eigenvalue weighted by Crippen LogP contribution is -2.09. The molecule has 0 saturated carbocycles. The van der Waals surface area contributed by atoms with Crippen LogP contribution < -0.4 is 0 Å². The molecule has 5 nitrogen and oxygen atoms in total. The van der Waals surface area contributed by atoms with Crippen LogP contribution in [0, 0.1) is 0 Å². The molecule has 0 aliphatic rings. The normalized spacial score (nSPS) is 11.1. The third-order valence-corrected chi connectivity index (χ3v) is 3.41. The summed E-state index contributed by atoms with van der Waals surface area (Å²) >= 11 is 1.50. The molecule has 0 fully saturated rings. The number of aromatic nitrogens is 3. The van der Waals surface area contributed by atoms with Crippen LogP contribution in [0.25, 0.3) is 15.2 Å². The number of hydrogen-bond acceptors (Lipinski definition) is 5. The molecule has 0 aliphatic carbocycles. The van der Waals surface area contributed by atoms with Crippen molar-refractivity contribution in [1.82, 2.24) is 14.6 Å². The van der Waals surface area contributed by atoms with Crippen LogP contribution in [0.1, 0.15) is 17.5 Å². The number of benzene rings is 1. The number of hydrogen-bond donors (Lipinski definition) is 0. The topological polar surface area (TPSA) is 56.5 Å². The number of carbonyl (C=O) groups excluding carboxylic acids is 1. The Labute approximate surface area is 101 Å². The molecule has 0 radical (unpaired) electrons. The van der Waals surface area contributed by atoms with Gasteiger partial charge in [0.05, 0.1) is 16.8 Å². The lowest BCUT2D eigenvalue weighted by Gasteiger charge is -1.98. The Morgan fingerprint density at radius 2 is 2.24 bits per heavy atom. The van der Waals surface area contributed by atoms with E-state index in [4.69, 9.17) is 4.74 Å².